The van der Waals surface area contributed by atoms with E-state index in [1.54, 1.807) is 25.2 Å². The van der Waals surface area contributed by atoms with Crippen molar-refractivity contribution < 1.29 is 14.3 Å². The Bertz CT molecular complexity index is 499. The van der Waals surface area contributed by atoms with E-state index < -0.39 is 0 Å². The van der Waals surface area contributed by atoms with Gasteiger partial charge in [-0.1, -0.05) is 19.4 Å². The van der Waals surface area contributed by atoms with Gasteiger partial charge in [0.25, 0.3) is 11.8 Å². The van der Waals surface area contributed by atoms with Gasteiger partial charge in [-0.05, 0) is 18.6 Å². The van der Waals surface area contributed by atoms with E-state index in [0.29, 0.717) is 23.5 Å². The molecule has 1 aliphatic heterocycles. The molecule has 102 valence electrons. The third-order valence-electron chi connectivity index (χ3n) is 3.13. The molecule has 0 saturated heterocycles. The minimum Gasteiger partial charge on any atom is -0.481 e. The summed E-state index contributed by atoms with van der Waals surface area (Å²) in [5, 5.41) is 2.85. The van der Waals surface area contributed by atoms with Crippen molar-refractivity contribution in [3.63, 3.8) is 0 Å². The molecule has 5 heteroatoms. The van der Waals surface area contributed by atoms with Crippen LogP contribution < -0.4 is 15.0 Å². The summed E-state index contributed by atoms with van der Waals surface area (Å²) in [6, 6.07) is 5.24. The molecule has 1 aromatic carbocycles. The van der Waals surface area contributed by atoms with Crippen molar-refractivity contribution in [2.75, 3.05) is 25.1 Å². The highest BCUT2D eigenvalue weighted by molar-refractivity contribution is 6.03. The van der Waals surface area contributed by atoms with Gasteiger partial charge in [-0.2, -0.15) is 0 Å². The fourth-order valence-corrected chi connectivity index (χ4v) is 1.96. The second kappa shape index (κ2) is 5.73. The van der Waals surface area contributed by atoms with Crippen molar-refractivity contribution in [1.29, 1.82) is 0 Å². The van der Waals surface area contributed by atoms with Gasteiger partial charge in [0.15, 0.2) is 12.4 Å². The predicted molar refractivity (Wildman–Crippen MR) is 72.6 cm³/mol. The molecule has 0 fully saturated rings. The highest BCUT2D eigenvalue weighted by atomic mass is 16.5. The lowest BCUT2D eigenvalue weighted by atomic mass is 10.1. The number of hydrogen-bond donors (Lipinski definition) is 1. The molecule has 2 rings (SSSR count). The lowest BCUT2D eigenvalue weighted by Crippen LogP contribution is -2.36. The SMILES string of the molecule is CCCCNC(=O)c1cccc2c1OCC(=O)N2C. The lowest BCUT2D eigenvalue weighted by molar-refractivity contribution is -0.121. The Balaban J connectivity index is 2.23. The van der Waals surface area contributed by atoms with Gasteiger partial charge in [0.1, 0.15) is 0 Å². The van der Waals surface area contributed by atoms with Gasteiger partial charge in [-0.15, -0.1) is 0 Å². The molecule has 19 heavy (non-hydrogen) atoms. The average molecular weight is 262 g/mol. The maximum absolute atomic E-state index is 12.1. The maximum Gasteiger partial charge on any atom is 0.264 e. The van der Waals surface area contributed by atoms with E-state index in [0.717, 1.165) is 12.8 Å². The molecule has 0 unspecified atom stereocenters. The molecule has 1 aliphatic rings. The third-order valence-corrected chi connectivity index (χ3v) is 3.13. The number of carbonyl (C=O) groups is 2. The van der Waals surface area contributed by atoms with E-state index in [1.165, 1.54) is 4.90 Å². The highest BCUT2D eigenvalue weighted by Crippen LogP contribution is 2.34. The summed E-state index contributed by atoms with van der Waals surface area (Å²) in [4.78, 5) is 25.1. The normalized spacial score (nSPS) is 13.8. The van der Waals surface area contributed by atoms with Crippen LogP contribution in [0.5, 0.6) is 5.75 Å². The zero-order valence-corrected chi connectivity index (χ0v) is 11.2. The van der Waals surface area contributed by atoms with Crippen molar-refractivity contribution in [3.05, 3.63) is 23.8 Å². The predicted octanol–water partition coefficient (Wildman–Crippen LogP) is 1.57. The number of unbranched alkanes of at least 4 members (excludes halogenated alkanes) is 1. The van der Waals surface area contributed by atoms with Crippen molar-refractivity contribution in [2.24, 2.45) is 0 Å². The monoisotopic (exact) mass is 262 g/mol. The fourth-order valence-electron chi connectivity index (χ4n) is 1.96. The smallest absolute Gasteiger partial charge is 0.264 e. The van der Waals surface area contributed by atoms with Crippen molar-refractivity contribution >= 4 is 17.5 Å². The zero-order valence-electron chi connectivity index (χ0n) is 11.2. The molecule has 0 saturated carbocycles. The summed E-state index contributed by atoms with van der Waals surface area (Å²) in [7, 11) is 1.68. The van der Waals surface area contributed by atoms with Crippen LogP contribution in [0.1, 0.15) is 30.1 Å². The number of nitrogens with one attached hydrogen (secondary N) is 1. The number of fused-ring (bicyclic) bond motifs is 1. The second-order valence-corrected chi connectivity index (χ2v) is 4.50. The summed E-state index contributed by atoms with van der Waals surface area (Å²) >= 11 is 0. The van der Waals surface area contributed by atoms with Crippen LogP contribution in [0.2, 0.25) is 0 Å². The summed E-state index contributed by atoms with van der Waals surface area (Å²) in [5.74, 6) is 0.211. The van der Waals surface area contributed by atoms with Crippen LogP contribution in [0.3, 0.4) is 0 Å². The zero-order chi connectivity index (χ0) is 13.8. The van der Waals surface area contributed by atoms with Crippen LogP contribution in [0.25, 0.3) is 0 Å². The van der Waals surface area contributed by atoms with Gasteiger partial charge >= 0.3 is 0 Å². The molecule has 0 aromatic heterocycles. The van der Waals surface area contributed by atoms with E-state index in [4.69, 9.17) is 4.74 Å². The van der Waals surface area contributed by atoms with Crippen LogP contribution in [0.15, 0.2) is 18.2 Å². The number of carbonyl (C=O) groups excluding carboxylic acids is 2. The van der Waals surface area contributed by atoms with Gasteiger partial charge in [0, 0.05) is 13.6 Å². The molecular formula is C14H18N2O3. The second-order valence-electron chi connectivity index (χ2n) is 4.50. The molecule has 0 bridgehead atoms. The van der Waals surface area contributed by atoms with E-state index in [1.807, 2.05) is 0 Å². The Kier molecular flexibility index (Phi) is 4.04. The number of benzene rings is 1. The summed E-state index contributed by atoms with van der Waals surface area (Å²) in [6.07, 6.45) is 1.97. The highest BCUT2D eigenvalue weighted by Gasteiger charge is 2.26. The number of nitrogens with zero attached hydrogens (tertiary/aromatic N) is 1. The summed E-state index contributed by atoms with van der Waals surface area (Å²) in [5.41, 5.74) is 1.12. The minimum absolute atomic E-state index is 0.0250. The van der Waals surface area contributed by atoms with E-state index in [-0.39, 0.29) is 18.4 Å². The summed E-state index contributed by atoms with van der Waals surface area (Å²) in [6.45, 7) is 2.69. The van der Waals surface area contributed by atoms with Gasteiger partial charge < -0.3 is 15.0 Å². The maximum atomic E-state index is 12.1. The summed E-state index contributed by atoms with van der Waals surface area (Å²) < 4.78 is 5.41. The quantitative estimate of drug-likeness (QED) is 0.838. The largest absolute Gasteiger partial charge is 0.481 e. The number of hydrogen-bond acceptors (Lipinski definition) is 3. The number of ether oxygens (including phenoxy) is 1. The van der Waals surface area contributed by atoms with Crippen molar-refractivity contribution in [3.8, 4) is 5.75 Å². The molecule has 0 atom stereocenters. The number of amides is 2. The Morgan fingerprint density at radius 3 is 3.00 bits per heavy atom. The van der Waals surface area contributed by atoms with E-state index in [9.17, 15) is 9.59 Å². The van der Waals surface area contributed by atoms with Crippen LogP contribution in [-0.4, -0.2) is 32.0 Å². The Labute approximate surface area is 112 Å². The number of anilines is 1. The Morgan fingerprint density at radius 1 is 1.47 bits per heavy atom. The molecule has 2 amide bonds. The standard InChI is InChI=1S/C14H18N2O3/c1-3-4-8-15-14(18)10-6-5-7-11-13(10)19-9-12(17)16(11)2/h5-7H,3-4,8-9H2,1-2H3,(H,15,18). The van der Waals surface area contributed by atoms with Gasteiger partial charge in [-0.25, -0.2) is 0 Å². The van der Waals surface area contributed by atoms with E-state index >= 15 is 0 Å². The topological polar surface area (TPSA) is 58.6 Å². The molecule has 1 aromatic rings. The molecule has 5 nitrogen and oxygen atoms in total. The molecule has 1 heterocycles. The molecule has 0 aliphatic carbocycles. The Hall–Kier alpha value is -2.04. The average Bonchev–Trinajstić information content (AvgIpc) is 2.42. The number of para-hydroxylation sites is 1. The first-order valence-corrected chi connectivity index (χ1v) is 6.45. The molecule has 1 N–H and O–H groups in total. The fraction of sp³-hybridized carbons (Fsp3) is 0.429. The number of rotatable bonds is 4. The van der Waals surface area contributed by atoms with Gasteiger partial charge in [0.05, 0.1) is 11.3 Å². The first kappa shape index (κ1) is 13.4. The van der Waals surface area contributed by atoms with Gasteiger partial charge in [-0.3, -0.25) is 9.59 Å². The number of likely N-dealkylation sites (N-methyl/N-ethyl adjacent to an activating group) is 1. The van der Waals surface area contributed by atoms with Crippen LogP contribution in [0, 0.1) is 0 Å². The van der Waals surface area contributed by atoms with Crippen molar-refractivity contribution in [1.82, 2.24) is 5.32 Å². The van der Waals surface area contributed by atoms with Crippen molar-refractivity contribution in [2.45, 2.75) is 19.8 Å². The molecule has 0 radical (unpaired) electrons. The van der Waals surface area contributed by atoms with Crippen LogP contribution in [-0.2, 0) is 4.79 Å². The van der Waals surface area contributed by atoms with Gasteiger partial charge in [0.2, 0.25) is 0 Å². The van der Waals surface area contributed by atoms with E-state index in [2.05, 4.69) is 12.2 Å². The van der Waals surface area contributed by atoms with Crippen LogP contribution >= 0.6 is 0 Å². The first-order valence-electron chi connectivity index (χ1n) is 6.45. The first-order chi connectivity index (χ1) is 9.15. The third kappa shape index (κ3) is 2.70. The lowest BCUT2D eigenvalue weighted by Gasteiger charge is -2.27. The molecule has 0 spiro atoms. The molecular weight excluding hydrogens is 244 g/mol. The minimum atomic E-state index is -0.159. The van der Waals surface area contributed by atoms with Crippen LogP contribution in [0.4, 0.5) is 5.69 Å². The Morgan fingerprint density at radius 2 is 2.26 bits per heavy atom.